The highest BCUT2D eigenvalue weighted by Gasteiger charge is 2.38. The van der Waals surface area contributed by atoms with Crippen LogP contribution in [0.25, 0.3) is 0 Å². The topological polar surface area (TPSA) is 78.5 Å². The molecule has 0 saturated heterocycles. The van der Waals surface area contributed by atoms with Gasteiger partial charge in [0.2, 0.25) is 11.5 Å². The molecule has 0 spiro atoms. The number of furan rings is 1. The lowest BCUT2D eigenvalue weighted by Crippen LogP contribution is -2.22. The zero-order chi connectivity index (χ0) is 12.0. The summed E-state index contributed by atoms with van der Waals surface area (Å²) in [6.45, 7) is 0. The van der Waals surface area contributed by atoms with Crippen molar-refractivity contribution in [2.45, 2.75) is 0 Å². The fraction of sp³-hybridized carbons (Fsp3) is 0.0833. The molecule has 5 heteroatoms. The lowest BCUT2D eigenvalue weighted by atomic mass is 9.93. The second-order valence-electron chi connectivity index (χ2n) is 3.57. The van der Waals surface area contributed by atoms with Crippen LogP contribution in [0.3, 0.4) is 0 Å². The van der Waals surface area contributed by atoms with E-state index in [2.05, 4.69) is 0 Å². The summed E-state index contributed by atoms with van der Waals surface area (Å²) in [6, 6.07) is 4.52. The first-order chi connectivity index (χ1) is 8.22. The first-order valence-corrected chi connectivity index (χ1v) is 4.95. The van der Waals surface area contributed by atoms with E-state index in [0.717, 1.165) is 0 Å². The molecule has 0 radical (unpaired) electrons. The average molecular weight is 230 g/mol. The molecule has 17 heavy (non-hydrogen) atoms. The normalized spacial score (nSPS) is 15.8. The van der Waals surface area contributed by atoms with Crippen molar-refractivity contribution >= 4 is 11.5 Å². The molecular formula is C12H8NO4+. The Bertz CT molecular complexity index is 705. The quantitative estimate of drug-likeness (QED) is 0.592. The second-order valence-corrected chi connectivity index (χ2v) is 3.57. The van der Waals surface area contributed by atoms with Gasteiger partial charge >= 0.3 is 11.4 Å². The molecule has 3 rings (SSSR count). The number of carbonyl (C=O) groups excluding carboxylic acids is 1. The van der Waals surface area contributed by atoms with E-state index in [-0.39, 0.29) is 11.5 Å². The highest BCUT2D eigenvalue weighted by Crippen LogP contribution is 2.27. The molecule has 0 fully saturated rings. The van der Waals surface area contributed by atoms with Gasteiger partial charge in [-0.25, -0.2) is 9.22 Å². The van der Waals surface area contributed by atoms with Gasteiger partial charge in [-0.3, -0.25) is 5.41 Å². The Morgan fingerprint density at radius 2 is 1.94 bits per heavy atom. The summed E-state index contributed by atoms with van der Waals surface area (Å²) in [6.07, 6.45) is 1.47. The zero-order valence-corrected chi connectivity index (χ0v) is 8.94. The van der Waals surface area contributed by atoms with Crippen molar-refractivity contribution in [1.29, 1.82) is 5.41 Å². The first kappa shape index (κ1) is 9.77. The van der Waals surface area contributed by atoms with Crippen LogP contribution in [-0.4, -0.2) is 18.6 Å². The second kappa shape index (κ2) is 3.28. The minimum absolute atomic E-state index is 0.243. The Hall–Kier alpha value is -2.43. The van der Waals surface area contributed by atoms with Crippen LogP contribution in [0, 0.1) is 5.41 Å². The molecule has 1 aliphatic rings. The Morgan fingerprint density at radius 1 is 1.18 bits per heavy atom. The van der Waals surface area contributed by atoms with Crippen molar-refractivity contribution in [1.82, 2.24) is 0 Å². The number of hydrogen-bond acceptors (Lipinski definition) is 4. The van der Waals surface area contributed by atoms with Gasteiger partial charge < -0.3 is 8.83 Å². The van der Waals surface area contributed by atoms with Crippen molar-refractivity contribution in [3.8, 4) is 0 Å². The number of ketones is 1. The Morgan fingerprint density at radius 3 is 2.71 bits per heavy atom. The number of fused-ring (bicyclic) bond motifs is 2. The van der Waals surface area contributed by atoms with E-state index in [0.29, 0.717) is 22.7 Å². The fourth-order valence-corrected chi connectivity index (χ4v) is 1.90. The molecule has 84 valence electrons. The average Bonchev–Trinajstić information content (AvgIpc) is 2.79. The zero-order valence-electron chi connectivity index (χ0n) is 8.94. The fourth-order valence-electron chi connectivity index (χ4n) is 1.90. The molecule has 5 nitrogen and oxygen atoms in total. The summed E-state index contributed by atoms with van der Waals surface area (Å²) in [4.78, 5) is 11.2. The van der Waals surface area contributed by atoms with E-state index in [4.69, 9.17) is 18.7 Å². The summed E-state index contributed by atoms with van der Waals surface area (Å²) in [7, 11) is 1.47. The summed E-state index contributed by atoms with van der Waals surface area (Å²) < 4.78 is 15.5. The van der Waals surface area contributed by atoms with Gasteiger partial charge in [-0.2, -0.15) is 0 Å². The molecule has 0 aliphatic heterocycles. The molecule has 1 aliphatic carbocycles. The SMILES string of the molecule is C[O+]=C1c2occc2C(=N)c2ccc(=O)oc21. The van der Waals surface area contributed by atoms with Gasteiger partial charge in [0.15, 0.2) is 0 Å². The maximum atomic E-state index is 11.2. The van der Waals surface area contributed by atoms with Gasteiger partial charge in [-0.05, 0) is 12.1 Å². The van der Waals surface area contributed by atoms with Crippen LogP contribution in [0.2, 0.25) is 0 Å². The summed E-state index contributed by atoms with van der Waals surface area (Å²) >= 11 is 0. The highest BCUT2D eigenvalue weighted by molar-refractivity contribution is 6.27. The van der Waals surface area contributed by atoms with E-state index >= 15 is 0 Å². The minimum Gasteiger partial charge on any atom is -0.455 e. The van der Waals surface area contributed by atoms with Crippen molar-refractivity contribution < 1.29 is 13.3 Å². The molecule has 0 saturated carbocycles. The third-order valence-corrected chi connectivity index (χ3v) is 2.65. The lowest BCUT2D eigenvalue weighted by molar-refractivity contribution is -0.224. The Labute approximate surface area is 95.5 Å². The standard InChI is InChI=1S/C12H8NO4/c1-15-12-10-7(4-5-16-10)9(13)6-2-3-8(14)17-11(6)12/h2-5,13H,1H3/q+1. The third kappa shape index (κ3) is 1.22. The highest BCUT2D eigenvalue weighted by atomic mass is 16.4. The van der Waals surface area contributed by atoms with Gasteiger partial charge in [-0.15, -0.1) is 0 Å². The molecule has 2 aromatic heterocycles. The van der Waals surface area contributed by atoms with Crippen LogP contribution in [0.4, 0.5) is 0 Å². The number of nitrogens with one attached hydrogen (secondary N) is 1. The minimum atomic E-state index is -0.485. The number of rotatable bonds is 0. The van der Waals surface area contributed by atoms with E-state index in [1.54, 1.807) is 12.1 Å². The molecule has 0 atom stereocenters. The Balaban J connectivity index is 2.40. The monoisotopic (exact) mass is 230 g/mol. The lowest BCUT2D eigenvalue weighted by Gasteiger charge is -2.09. The predicted molar refractivity (Wildman–Crippen MR) is 59.0 cm³/mol. The van der Waals surface area contributed by atoms with Gasteiger partial charge in [0.05, 0.1) is 23.1 Å². The van der Waals surface area contributed by atoms with E-state index in [9.17, 15) is 4.79 Å². The maximum Gasteiger partial charge on any atom is 0.428 e. The van der Waals surface area contributed by atoms with Crippen molar-refractivity contribution in [3.05, 3.63) is 57.5 Å². The molecule has 0 bridgehead atoms. The molecule has 0 unspecified atom stereocenters. The molecule has 0 amide bonds. The molecule has 2 aromatic rings. The van der Waals surface area contributed by atoms with E-state index < -0.39 is 5.63 Å². The van der Waals surface area contributed by atoms with Crippen molar-refractivity contribution in [2.24, 2.45) is 0 Å². The van der Waals surface area contributed by atoms with Gasteiger partial charge in [-0.1, -0.05) is 0 Å². The summed E-state index contributed by atoms with van der Waals surface area (Å²) in [5.74, 6) is 1.00. The van der Waals surface area contributed by atoms with Crippen LogP contribution < -0.4 is 5.63 Å². The van der Waals surface area contributed by atoms with Crippen LogP contribution >= 0.6 is 0 Å². The molecule has 0 aromatic carbocycles. The summed E-state index contributed by atoms with van der Waals surface area (Å²) in [5.41, 5.74) is 0.924. The summed E-state index contributed by atoms with van der Waals surface area (Å²) in [5, 5.41) is 8.01. The van der Waals surface area contributed by atoms with Crippen LogP contribution in [0.15, 0.2) is 38.1 Å². The van der Waals surface area contributed by atoms with Crippen LogP contribution in [0.1, 0.15) is 27.1 Å². The van der Waals surface area contributed by atoms with Crippen molar-refractivity contribution in [2.75, 3.05) is 7.11 Å². The van der Waals surface area contributed by atoms with Gasteiger partial charge in [0.25, 0.3) is 7.11 Å². The predicted octanol–water partition coefficient (Wildman–Crippen LogP) is 1.36. The molecular weight excluding hydrogens is 222 g/mol. The number of hydrogen-bond donors (Lipinski definition) is 1. The van der Waals surface area contributed by atoms with Crippen molar-refractivity contribution in [3.63, 3.8) is 0 Å². The molecule has 2 heterocycles. The smallest absolute Gasteiger partial charge is 0.428 e. The maximum absolute atomic E-state index is 11.2. The van der Waals surface area contributed by atoms with Gasteiger partial charge in [0.1, 0.15) is 0 Å². The molecule has 1 N–H and O–H groups in total. The van der Waals surface area contributed by atoms with E-state index in [1.165, 1.54) is 19.4 Å². The Kier molecular flexibility index (Phi) is 1.89. The largest absolute Gasteiger partial charge is 0.455 e. The van der Waals surface area contributed by atoms with Crippen LogP contribution in [0.5, 0.6) is 0 Å². The third-order valence-electron chi connectivity index (χ3n) is 2.65. The van der Waals surface area contributed by atoms with Gasteiger partial charge in [0, 0.05) is 6.07 Å². The van der Waals surface area contributed by atoms with E-state index in [1.807, 2.05) is 0 Å². The first-order valence-electron chi connectivity index (χ1n) is 4.95. The van der Waals surface area contributed by atoms with Crippen LogP contribution in [-0.2, 0) is 0 Å².